The molecule has 0 saturated carbocycles. The molecule has 2 aromatic rings. The van der Waals surface area contributed by atoms with Crippen LogP contribution in [0.5, 0.6) is 0 Å². The Hall–Kier alpha value is -3.23. The number of ether oxygens (including phenoxy) is 1. The molecule has 0 aliphatic carbocycles. The third-order valence-electron chi connectivity index (χ3n) is 7.51. The Bertz CT molecular complexity index is 1080. The van der Waals surface area contributed by atoms with Crippen molar-refractivity contribution in [1.29, 1.82) is 0 Å². The normalized spacial score (nSPS) is 28.7. The molecule has 0 radical (unpaired) electrons. The molecule has 8 heteroatoms. The summed E-state index contributed by atoms with van der Waals surface area (Å²) in [5.41, 5.74) is 0.611. The van der Waals surface area contributed by atoms with Crippen molar-refractivity contribution >= 4 is 23.4 Å². The van der Waals surface area contributed by atoms with Crippen LogP contribution in [0.3, 0.4) is 0 Å². The van der Waals surface area contributed by atoms with Crippen molar-refractivity contribution in [2.75, 3.05) is 18.5 Å². The van der Waals surface area contributed by atoms with Gasteiger partial charge in [0.15, 0.2) is 0 Å². The van der Waals surface area contributed by atoms with Gasteiger partial charge in [-0.25, -0.2) is 0 Å². The molecule has 3 saturated heterocycles. The van der Waals surface area contributed by atoms with Crippen molar-refractivity contribution in [2.24, 2.45) is 11.8 Å². The Labute approximate surface area is 204 Å². The SMILES string of the molecule is O=C(NCc1ccccc1)C1N(CCCCO)C(=O)[C@@H]2[C@H](C(=O)Nc3ccccc3)[C@@H]3CCC12O3. The Morgan fingerprint density at radius 1 is 1.03 bits per heavy atom. The molecule has 184 valence electrons. The van der Waals surface area contributed by atoms with E-state index in [-0.39, 0.29) is 24.3 Å². The van der Waals surface area contributed by atoms with E-state index >= 15 is 0 Å². The van der Waals surface area contributed by atoms with Crippen LogP contribution < -0.4 is 10.6 Å². The van der Waals surface area contributed by atoms with Gasteiger partial charge in [-0.15, -0.1) is 0 Å². The number of fused-ring (bicyclic) bond motifs is 1. The highest BCUT2D eigenvalue weighted by Crippen LogP contribution is 2.58. The summed E-state index contributed by atoms with van der Waals surface area (Å²) in [7, 11) is 0. The minimum Gasteiger partial charge on any atom is -0.396 e. The first kappa shape index (κ1) is 23.5. The fourth-order valence-electron chi connectivity index (χ4n) is 6.02. The van der Waals surface area contributed by atoms with Gasteiger partial charge in [-0.1, -0.05) is 48.5 Å². The van der Waals surface area contributed by atoms with Gasteiger partial charge in [0.2, 0.25) is 17.7 Å². The number of nitrogens with one attached hydrogen (secondary N) is 2. The Kier molecular flexibility index (Phi) is 6.58. The second kappa shape index (κ2) is 9.79. The van der Waals surface area contributed by atoms with Crippen molar-refractivity contribution < 1.29 is 24.2 Å². The van der Waals surface area contributed by atoms with Gasteiger partial charge < -0.3 is 25.4 Å². The monoisotopic (exact) mass is 477 g/mol. The smallest absolute Gasteiger partial charge is 0.246 e. The number of hydrogen-bond donors (Lipinski definition) is 3. The molecule has 3 amide bonds. The minimum atomic E-state index is -1.01. The summed E-state index contributed by atoms with van der Waals surface area (Å²) in [6, 6.07) is 18.0. The van der Waals surface area contributed by atoms with Crippen LogP contribution in [0.15, 0.2) is 60.7 Å². The van der Waals surface area contributed by atoms with Crippen LogP contribution in [0.2, 0.25) is 0 Å². The van der Waals surface area contributed by atoms with E-state index in [9.17, 15) is 19.5 Å². The van der Waals surface area contributed by atoms with Crippen LogP contribution in [0.4, 0.5) is 5.69 Å². The fraction of sp³-hybridized carbons (Fsp3) is 0.444. The third-order valence-corrected chi connectivity index (χ3v) is 7.51. The van der Waals surface area contributed by atoms with Crippen LogP contribution >= 0.6 is 0 Å². The summed E-state index contributed by atoms with van der Waals surface area (Å²) < 4.78 is 6.41. The van der Waals surface area contributed by atoms with Crippen molar-refractivity contribution in [1.82, 2.24) is 10.2 Å². The number of rotatable bonds is 9. The lowest BCUT2D eigenvalue weighted by molar-refractivity contribution is -0.141. The Morgan fingerprint density at radius 2 is 1.74 bits per heavy atom. The number of aliphatic hydroxyl groups is 1. The van der Waals surface area contributed by atoms with E-state index in [0.29, 0.717) is 44.5 Å². The number of benzene rings is 2. The van der Waals surface area contributed by atoms with Gasteiger partial charge in [0.1, 0.15) is 11.6 Å². The van der Waals surface area contributed by atoms with Crippen molar-refractivity contribution in [3.8, 4) is 0 Å². The summed E-state index contributed by atoms with van der Waals surface area (Å²) in [5.74, 6) is -2.08. The van der Waals surface area contributed by atoms with Gasteiger partial charge in [0.25, 0.3) is 0 Å². The lowest BCUT2D eigenvalue weighted by Crippen LogP contribution is -2.55. The lowest BCUT2D eigenvalue weighted by atomic mass is 9.70. The van der Waals surface area contributed by atoms with Gasteiger partial charge in [-0.05, 0) is 43.4 Å². The first-order valence-corrected chi connectivity index (χ1v) is 12.3. The molecule has 0 aromatic heterocycles. The molecule has 35 heavy (non-hydrogen) atoms. The lowest BCUT2D eigenvalue weighted by Gasteiger charge is -2.33. The molecular weight excluding hydrogens is 446 g/mol. The van der Waals surface area contributed by atoms with E-state index in [1.165, 1.54) is 0 Å². The molecule has 2 bridgehead atoms. The van der Waals surface area contributed by atoms with E-state index in [1.807, 2.05) is 48.5 Å². The number of hydrogen-bond acceptors (Lipinski definition) is 5. The number of nitrogens with zero attached hydrogens (tertiary/aromatic N) is 1. The molecule has 3 fully saturated rings. The second-order valence-electron chi connectivity index (χ2n) is 9.58. The number of anilines is 1. The molecule has 8 nitrogen and oxygen atoms in total. The average Bonchev–Trinajstić information content (AvgIpc) is 3.51. The Balaban J connectivity index is 1.40. The number of aliphatic hydroxyl groups excluding tert-OH is 1. The number of amides is 3. The number of carbonyl (C=O) groups is 3. The van der Waals surface area contributed by atoms with Gasteiger partial charge in [0, 0.05) is 25.4 Å². The van der Waals surface area contributed by atoms with Crippen LogP contribution in [0.25, 0.3) is 0 Å². The topological polar surface area (TPSA) is 108 Å². The zero-order chi connectivity index (χ0) is 24.4. The maximum atomic E-state index is 13.7. The van der Waals surface area contributed by atoms with Crippen molar-refractivity contribution in [3.63, 3.8) is 0 Å². The van der Waals surface area contributed by atoms with E-state index in [0.717, 1.165) is 5.56 Å². The third kappa shape index (κ3) is 4.21. The van der Waals surface area contributed by atoms with E-state index < -0.39 is 29.6 Å². The van der Waals surface area contributed by atoms with Crippen LogP contribution in [0.1, 0.15) is 31.2 Å². The molecule has 3 aliphatic heterocycles. The number of carbonyl (C=O) groups excluding carboxylic acids is 3. The van der Waals surface area contributed by atoms with Crippen molar-refractivity contribution in [2.45, 2.75) is 50.0 Å². The van der Waals surface area contributed by atoms with Gasteiger partial charge in [0.05, 0.1) is 17.9 Å². The summed E-state index contributed by atoms with van der Waals surface area (Å²) in [4.78, 5) is 42.2. The highest BCUT2D eigenvalue weighted by Gasteiger charge is 2.74. The van der Waals surface area contributed by atoms with Crippen LogP contribution in [-0.4, -0.2) is 58.6 Å². The van der Waals surface area contributed by atoms with Gasteiger partial charge in [-0.2, -0.15) is 0 Å². The number of likely N-dealkylation sites (tertiary alicyclic amines) is 1. The molecule has 3 heterocycles. The molecule has 1 spiro atoms. The highest BCUT2D eigenvalue weighted by molar-refractivity contribution is 6.01. The van der Waals surface area contributed by atoms with E-state index in [4.69, 9.17) is 4.74 Å². The maximum absolute atomic E-state index is 13.7. The van der Waals surface area contributed by atoms with Gasteiger partial charge >= 0.3 is 0 Å². The standard InChI is InChI=1S/C27H31N3O5/c31-16-8-7-15-30-23(25(33)28-17-18-9-3-1-4-10-18)27-14-13-20(35-27)21(22(27)26(30)34)24(32)29-19-11-5-2-6-12-19/h1-6,9-12,20-23,31H,7-8,13-17H2,(H,28,33)(H,29,32)/t20-,21+,22-,23?,27?/m0/s1. The molecule has 5 atom stereocenters. The zero-order valence-corrected chi connectivity index (χ0v) is 19.6. The molecule has 3 N–H and O–H groups in total. The first-order chi connectivity index (χ1) is 17.0. The largest absolute Gasteiger partial charge is 0.396 e. The number of unbranched alkanes of at least 4 members (excludes halogenated alkanes) is 1. The number of para-hydroxylation sites is 1. The highest BCUT2D eigenvalue weighted by atomic mass is 16.5. The van der Waals surface area contributed by atoms with Crippen LogP contribution in [0, 0.1) is 11.8 Å². The summed E-state index contributed by atoms with van der Waals surface area (Å²) >= 11 is 0. The van der Waals surface area contributed by atoms with Crippen molar-refractivity contribution in [3.05, 3.63) is 66.2 Å². The predicted molar refractivity (Wildman–Crippen MR) is 129 cm³/mol. The fourth-order valence-corrected chi connectivity index (χ4v) is 6.02. The van der Waals surface area contributed by atoms with Gasteiger partial charge in [-0.3, -0.25) is 14.4 Å². The minimum absolute atomic E-state index is 0.0160. The van der Waals surface area contributed by atoms with Crippen LogP contribution in [-0.2, 0) is 25.7 Å². The average molecular weight is 478 g/mol. The molecular formula is C27H31N3O5. The summed E-state index contributed by atoms with van der Waals surface area (Å²) in [6.45, 7) is 0.696. The molecule has 2 aromatic carbocycles. The molecule has 5 rings (SSSR count). The first-order valence-electron chi connectivity index (χ1n) is 12.3. The van der Waals surface area contributed by atoms with E-state index in [1.54, 1.807) is 17.0 Å². The summed E-state index contributed by atoms with van der Waals surface area (Å²) in [5, 5.41) is 15.2. The molecule has 2 unspecified atom stereocenters. The predicted octanol–water partition coefficient (Wildman–Crippen LogP) is 2.09. The zero-order valence-electron chi connectivity index (χ0n) is 19.6. The Morgan fingerprint density at radius 3 is 2.46 bits per heavy atom. The maximum Gasteiger partial charge on any atom is 0.246 e. The second-order valence-corrected chi connectivity index (χ2v) is 9.58. The quantitative estimate of drug-likeness (QED) is 0.480. The van der Waals surface area contributed by atoms with E-state index in [2.05, 4.69) is 10.6 Å². The molecule has 3 aliphatic rings. The summed E-state index contributed by atoms with van der Waals surface area (Å²) in [6.07, 6.45) is 1.89.